The molecule has 1 aliphatic rings. The first-order chi connectivity index (χ1) is 11.2. The van der Waals surface area contributed by atoms with Crippen molar-refractivity contribution in [2.24, 2.45) is 0 Å². The Hall–Kier alpha value is -0.373. The fourth-order valence-electron chi connectivity index (χ4n) is 3.68. The van der Waals surface area contributed by atoms with E-state index in [1.807, 2.05) is 0 Å². The molecule has 134 valence electrons. The summed E-state index contributed by atoms with van der Waals surface area (Å²) in [6, 6.07) is 2.29. The zero-order chi connectivity index (χ0) is 16.9. The molecule has 1 fully saturated rings. The molecule has 1 saturated heterocycles. The van der Waals surface area contributed by atoms with Gasteiger partial charge in [-0.3, -0.25) is 4.90 Å². The second-order valence-corrected chi connectivity index (χ2v) is 10.8. The maximum absolute atomic E-state index is 8.78. The lowest BCUT2D eigenvalue weighted by molar-refractivity contribution is 0.109. The van der Waals surface area contributed by atoms with Gasteiger partial charge in [0.1, 0.15) is 0 Å². The number of piperazine rings is 1. The highest BCUT2D eigenvalue weighted by Crippen LogP contribution is 2.15. The van der Waals surface area contributed by atoms with Crippen molar-refractivity contribution >= 4 is 8.80 Å². The van der Waals surface area contributed by atoms with Crippen LogP contribution in [0.3, 0.4) is 0 Å². The highest BCUT2D eigenvalue weighted by atomic mass is 28.3. The van der Waals surface area contributed by atoms with E-state index in [9.17, 15) is 0 Å². The van der Waals surface area contributed by atoms with Crippen LogP contribution >= 0.6 is 0 Å². The molecule has 1 rings (SSSR count). The van der Waals surface area contributed by atoms with Gasteiger partial charge in [-0.1, -0.05) is 65.0 Å². The summed E-state index contributed by atoms with van der Waals surface area (Å²) in [5.41, 5.74) is 0.812. The summed E-state index contributed by atoms with van der Waals surface area (Å²) in [5, 5.41) is 8.78. The van der Waals surface area contributed by atoms with E-state index in [4.69, 9.17) is 5.26 Å². The van der Waals surface area contributed by atoms with Crippen LogP contribution in [0.4, 0.5) is 0 Å². The van der Waals surface area contributed by atoms with Crippen molar-refractivity contribution in [3.05, 3.63) is 0 Å². The maximum Gasteiger partial charge on any atom is 0.0635 e. The topological polar surface area (TPSA) is 30.3 Å². The van der Waals surface area contributed by atoms with E-state index in [1.54, 1.807) is 0 Å². The van der Waals surface area contributed by atoms with E-state index < -0.39 is 8.80 Å². The Kier molecular flexibility index (Phi) is 11.7. The van der Waals surface area contributed by atoms with Gasteiger partial charge in [0.05, 0.1) is 14.9 Å². The number of hydrogen-bond donors (Lipinski definition) is 0. The number of nitriles is 1. The average molecular weight is 338 g/mol. The second-order valence-electron chi connectivity index (χ2n) is 7.53. The number of nitrogens with zero attached hydrogens (tertiary/aromatic N) is 3. The van der Waals surface area contributed by atoms with Gasteiger partial charge in [-0.05, 0) is 13.0 Å². The molecule has 23 heavy (non-hydrogen) atoms. The normalized spacial score (nSPS) is 20.0. The Labute approximate surface area is 146 Å². The molecule has 0 N–H and O–H groups in total. The molecule has 1 atom stereocenters. The van der Waals surface area contributed by atoms with Gasteiger partial charge in [-0.25, -0.2) is 0 Å². The molecule has 0 aliphatic carbocycles. The van der Waals surface area contributed by atoms with Gasteiger partial charge < -0.3 is 4.90 Å². The molecule has 3 nitrogen and oxygen atoms in total. The van der Waals surface area contributed by atoms with Gasteiger partial charge in [0.15, 0.2) is 0 Å². The SMILES string of the molecule is CCCCCCCCCCN1CCN(CCC#N)CC1[SiH](C)C. The standard InChI is InChI=1S/C19H39N3Si/c1-4-5-6-7-8-9-10-11-15-22-17-16-21(14-12-13-20)18-19(22)23(2)3/h19,23H,4-12,14-18H2,1-3H3. The van der Waals surface area contributed by atoms with Gasteiger partial charge in [0.2, 0.25) is 0 Å². The lowest BCUT2D eigenvalue weighted by atomic mass is 10.1. The zero-order valence-corrected chi connectivity index (χ0v) is 17.1. The third kappa shape index (κ3) is 8.88. The van der Waals surface area contributed by atoms with Crippen LogP contribution in [0.2, 0.25) is 13.1 Å². The Bertz CT molecular complexity index is 327. The first-order valence-corrected chi connectivity index (χ1v) is 13.0. The molecule has 0 aromatic heterocycles. The molecule has 0 aromatic rings. The summed E-state index contributed by atoms with van der Waals surface area (Å²) in [6.07, 6.45) is 12.0. The number of hydrogen-bond acceptors (Lipinski definition) is 3. The van der Waals surface area contributed by atoms with E-state index in [2.05, 4.69) is 35.9 Å². The molecule has 0 radical (unpaired) electrons. The van der Waals surface area contributed by atoms with Crippen molar-refractivity contribution < 1.29 is 0 Å². The van der Waals surface area contributed by atoms with Crippen molar-refractivity contribution in [3.8, 4) is 6.07 Å². The molecule has 1 unspecified atom stereocenters. The fraction of sp³-hybridized carbons (Fsp3) is 0.947. The molecule has 1 aliphatic heterocycles. The van der Waals surface area contributed by atoms with Crippen molar-refractivity contribution in [1.82, 2.24) is 9.80 Å². The summed E-state index contributed by atoms with van der Waals surface area (Å²) in [5.74, 6) is 0. The molecule has 1 heterocycles. The molecule has 0 amide bonds. The van der Waals surface area contributed by atoms with Gasteiger partial charge in [-0.2, -0.15) is 5.26 Å². The maximum atomic E-state index is 8.78. The quantitative estimate of drug-likeness (QED) is 0.397. The zero-order valence-electron chi connectivity index (χ0n) is 15.9. The molecular weight excluding hydrogens is 298 g/mol. The summed E-state index contributed by atoms with van der Waals surface area (Å²) in [6.45, 7) is 13.1. The summed E-state index contributed by atoms with van der Waals surface area (Å²) >= 11 is 0. The van der Waals surface area contributed by atoms with Crippen molar-refractivity contribution in [1.29, 1.82) is 5.26 Å². The van der Waals surface area contributed by atoms with E-state index in [0.717, 1.165) is 18.8 Å². The average Bonchev–Trinajstić information content (AvgIpc) is 2.55. The van der Waals surface area contributed by atoms with E-state index >= 15 is 0 Å². The third-order valence-corrected chi connectivity index (χ3v) is 7.40. The Morgan fingerprint density at radius 3 is 2.22 bits per heavy atom. The van der Waals surface area contributed by atoms with Gasteiger partial charge in [0, 0.05) is 38.3 Å². The van der Waals surface area contributed by atoms with Crippen LogP contribution in [0, 0.1) is 11.3 Å². The van der Waals surface area contributed by atoms with Crippen LogP contribution in [0.15, 0.2) is 0 Å². The van der Waals surface area contributed by atoms with Crippen LogP contribution in [0.25, 0.3) is 0 Å². The number of unbranched alkanes of at least 4 members (excludes halogenated alkanes) is 7. The van der Waals surface area contributed by atoms with Gasteiger partial charge in [0.25, 0.3) is 0 Å². The van der Waals surface area contributed by atoms with Crippen molar-refractivity contribution in [2.45, 2.75) is 83.5 Å². The first kappa shape index (κ1) is 20.7. The highest BCUT2D eigenvalue weighted by Gasteiger charge is 2.28. The van der Waals surface area contributed by atoms with Gasteiger partial charge in [-0.15, -0.1) is 0 Å². The first-order valence-electron chi connectivity index (χ1n) is 10.0. The minimum atomic E-state index is -0.659. The van der Waals surface area contributed by atoms with E-state index in [1.165, 1.54) is 71.0 Å². The monoisotopic (exact) mass is 337 g/mol. The lowest BCUT2D eigenvalue weighted by Crippen LogP contribution is -2.58. The Morgan fingerprint density at radius 2 is 1.61 bits per heavy atom. The molecule has 4 heteroatoms. The molecule has 0 bridgehead atoms. The van der Waals surface area contributed by atoms with Crippen LogP contribution in [-0.4, -0.2) is 57.0 Å². The Morgan fingerprint density at radius 1 is 0.957 bits per heavy atom. The Balaban J connectivity index is 2.18. The predicted molar refractivity (Wildman–Crippen MR) is 104 cm³/mol. The van der Waals surface area contributed by atoms with E-state index in [-0.39, 0.29) is 0 Å². The highest BCUT2D eigenvalue weighted by molar-refractivity contribution is 6.57. The number of rotatable bonds is 12. The van der Waals surface area contributed by atoms with Crippen molar-refractivity contribution in [2.75, 3.05) is 32.7 Å². The summed E-state index contributed by atoms with van der Waals surface area (Å²) < 4.78 is 0. The van der Waals surface area contributed by atoms with E-state index in [0.29, 0.717) is 6.42 Å². The summed E-state index contributed by atoms with van der Waals surface area (Å²) in [4.78, 5) is 5.29. The smallest absolute Gasteiger partial charge is 0.0635 e. The van der Waals surface area contributed by atoms with Crippen LogP contribution in [0.5, 0.6) is 0 Å². The lowest BCUT2D eigenvalue weighted by Gasteiger charge is -2.43. The molecule has 0 aromatic carbocycles. The molecule has 0 saturated carbocycles. The van der Waals surface area contributed by atoms with Crippen LogP contribution in [-0.2, 0) is 0 Å². The largest absolute Gasteiger partial charge is 0.301 e. The van der Waals surface area contributed by atoms with Crippen LogP contribution in [0.1, 0.15) is 64.7 Å². The third-order valence-electron chi connectivity index (χ3n) is 5.23. The van der Waals surface area contributed by atoms with Crippen molar-refractivity contribution in [3.63, 3.8) is 0 Å². The second kappa shape index (κ2) is 13.0. The fourth-order valence-corrected chi connectivity index (χ4v) is 5.54. The van der Waals surface area contributed by atoms with Gasteiger partial charge >= 0.3 is 0 Å². The predicted octanol–water partition coefficient (Wildman–Crippen LogP) is 4.05. The molecule has 0 spiro atoms. The minimum absolute atomic E-state index is 0.659. The van der Waals surface area contributed by atoms with Crippen LogP contribution < -0.4 is 0 Å². The summed E-state index contributed by atoms with van der Waals surface area (Å²) in [7, 11) is -0.659. The minimum Gasteiger partial charge on any atom is -0.301 e. The molecular formula is C19H39N3Si.